The van der Waals surface area contributed by atoms with E-state index in [0.717, 1.165) is 0 Å². The van der Waals surface area contributed by atoms with Crippen LogP contribution in [0.3, 0.4) is 0 Å². The summed E-state index contributed by atoms with van der Waals surface area (Å²) in [6.45, 7) is 3.41. The van der Waals surface area contributed by atoms with Gasteiger partial charge < -0.3 is 9.47 Å². The number of hydrogen-bond acceptors (Lipinski definition) is 4. The van der Waals surface area contributed by atoms with Gasteiger partial charge in [0.25, 0.3) is 0 Å². The van der Waals surface area contributed by atoms with E-state index >= 15 is 0 Å². The zero-order valence-electron chi connectivity index (χ0n) is 6.21. The van der Waals surface area contributed by atoms with E-state index in [1.54, 1.807) is 21.1 Å². The van der Waals surface area contributed by atoms with Gasteiger partial charge in [-0.3, -0.25) is 0 Å². The van der Waals surface area contributed by atoms with E-state index < -0.39 is 22.9 Å². The quantitative estimate of drug-likeness (QED) is 0.260. The largest absolute Gasteiger partial charge is 0.457 e. The van der Waals surface area contributed by atoms with Crippen LogP contribution in [-0.2, 0) is 19.1 Å². The van der Waals surface area contributed by atoms with Gasteiger partial charge in [0.05, 0.1) is 0 Å². The Morgan fingerprint density at radius 2 is 1.45 bits per heavy atom. The Morgan fingerprint density at radius 1 is 1.09 bits per heavy atom. The van der Waals surface area contributed by atoms with Crippen LogP contribution in [0, 0.1) is 0 Å². The highest BCUT2D eigenvalue weighted by atomic mass is 16.7. The van der Waals surface area contributed by atoms with Crippen LogP contribution < -0.4 is 0 Å². The highest BCUT2D eigenvalue weighted by Gasteiger charge is 2.72. The lowest BCUT2D eigenvalue weighted by Crippen LogP contribution is -2.41. The highest BCUT2D eigenvalue weighted by molar-refractivity contribution is 6.61. The first-order valence-corrected chi connectivity index (χ1v) is 3.30. The van der Waals surface area contributed by atoms with Crippen LogP contribution in [0.4, 0.5) is 0 Å². The standard InChI is InChI=1S/C6H6BO4/c1-5-6(2,7-5)11-4(9)3(8)10-5/h1-2H3/t5-,6?/m1/s1. The van der Waals surface area contributed by atoms with E-state index in [2.05, 4.69) is 0 Å². The summed E-state index contributed by atoms with van der Waals surface area (Å²) >= 11 is 0. The molecule has 0 saturated carbocycles. The Labute approximate surface area is 64.1 Å². The zero-order valence-corrected chi connectivity index (χ0v) is 6.21. The second-order valence-corrected chi connectivity index (χ2v) is 3.14. The maximum absolute atomic E-state index is 10.7. The van der Waals surface area contributed by atoms with Crippen LogP contribution in [0.1, 0.15) is 13.8 Å². The molecule has 57 valence electrons. The zero-order chi connectivity index (χ0) is 8.28. The summed E-state index contributed by atoms with van der Waals surface area (Å²) in [5, 5.41) is 0. The Bertz CT molecular complexity index is 237. The van der Waals surface area contributed by atoms with Crippen molar-refractivity contribution in [3.8, 4) is 0 Å². The third kappa shape index (κ3) is 0.653. The Hall–Kier alpha value is -0.995. The minimum Gasteiger partial charge on any atom is -0.457 e. The van der Waals surface area contributed by atoms with Crippen LogP contribution >= 0.6 is 0 Å². The van der Waals surface area contributed by atoms with Gasteiger partial charge >= 0.3 is 11.9 Å². The average Bonchev–Trinajstić information content (AvgIpc) is 2.33. The lowest BCUT2D eigenvalue weighted by molar-refractivity contribution is -0.191. The van der Waals surface area contributed by atoms with Crippen molar-refractivity contribution >= 4 is 19.2 Å². The number of carbonyl (C=O) groups excluding carboxylic acids is 2. The molecule has 0 spiro atoms. The highest BCUT2D eigenvalue weighted by Crippen LogP contribution is 2.47. The van der Waals surface area contributed by atoms with Crippen LogP contribution in [-0.4, -0.2) is 30.2 Å². The fourth-order valence-electron chi connectivity index (χ4n) is 1.22. The maximum Gasteiger partial charge on any atom is 0.417 e. The number of hydrogen-bond donors (Lipinski definition) is 0. The number of fused-ring (bicyclic) bond motifs is 1. The van der Waals surface area contributed by atoms with Crippen molar-refractivity contribution < 1.29 is 19.1 Å². The first kappa shape index (κ1) is 6.70. The van der Waals surface area contributed by atoms with Crippen molar-refractivity contribution in [3.63, 3.8) is 0 Å². The molecule has 2 fully saturated rings. The minimum absolute atomic E-state index is 0.683. The number of esters is 2. The molecular formula is C6H6BO4. The summed E-state index contributed by atoms with van der Waals surface area (Å²) in [7, 11) is 1.68. The Kier molecular flexibility index (Phi) is 0.878. The number of rotatable bonds is 0. The molecule has 11 heavy (non-hydrogen) atoms. The second-order valence-electron chi connectivity index (χ2n) is 3.14. The average molecular weight is 153 g/mol. The third-order valence-electron chi connectivity index (χ3n) is 2.23. The van der Waals surface area contributed by atoms with Gasteiger partial charge in [-0.05, 0) is 13.8 Å². The van der Waals surface area contributed by atoms with Crippen molar-refractivity contribution in [2.45, 2.75) is 24.8 Å². The first-order chi connectivity index (χ1) is 4.97. The molecule has 0 aromatic heterocycles. The molecule has 0 aromatic rings. The molecule has 0 aromatic carbocycles. The fraction of sp³-hybridized carbons (Fsp3) is 0.667. The molecule has 0 aliphatic carbocycles. The summed E-state index contributed by atoms with van der Waals surface area (Å²) in [5.74, 6) is -1.81. The van der Waals surface area contributed by atoms with Crippen LogP contribution in [0.2, 0.25) is 0 Å². The Morgan fingerprint density at radius 3 is 1.82 bits per heavy atom. The molecule has 0 bridgehead atoms. The molecule has 2 aliphatic rings. The van der Waals surface area contributed by atoms with Gasteiger partial charge in [0.15, 0.2) is 0 Å². The van der Waals surface area contributed by atoms with Crippen molar-refractivity contribution in [2.75, 3.05) is 0 Å². The molecule has 2 heterocycles. The van der Waals surface area contributed by atoms with Gasteiger partial charge in [0.1, 0.15) is 11.0 Å². The van der Waals surface area contributed by atoms with Crippen molar-refractivity contribution in [3.05, 3.63) is 0 Å². The number of ether oxygens (including phenoxy) is 2. The van der Waals surface area contributed by atoms with Crippen molar-refractivity contribution in [2.24, 2.45) is 0 Å². The molecule has 2 atom stereocenters. The fourth-order valence-corrected chi connectivity index (χ4v) is 1.22. The topological polar surface area (TPSA) is 52.6 Å². The summed E-state index contributed by atoms with van der Waals surface area (Å²) in [6, 6.07) is 0. The van der Waals surface area contributed by atoms with E-state index in [-0.39, 0.29) is 0 Å². The van der Waals surface area contributed by atoms with Crippen molar-refractivity contribution in [1.29, 1.82) is 0 Å². The summed E-state index contributed by atoms with van der Waals surface area (Å²) < 4.78 is 9.59. The predicted octanol–water partition coefficient (Wildman–Crippen LogP) is -0.763. The number of carbonyl (C=O) groups is 2. The smallest absolute Gasteiger partial charge is 0.417 e. The molecule has 1 unspecified atom stereocenters. The van der Waals surface area contributed by atoms with Gasteiger partial charge in [-0.2, -0.15) is 0 Å². The van der Waals surface area contributed by atoms with E-state index in [4.69, 9.17) is 9.47 Å². The van der Waals surface area contributed by atoms with Gasteiger partial charge in [-0.1, -0.05) is 0 Å². The first-order valence-electron chi connectivity index (χ1n) is 3.30. The third-order valence-corrected chi connectivity index (χ3v) is 2.23. The van der Waals surface area contributed by atoms with E-state index in [1.165, 1.54) is 0 Å². The lowest BCUT2D eigenvalue weighted by Gasteiger charge is -2.25. The molecular weight excluding hydrogens is 147 g/mol. The summed E-state index contributed by atoms with van der Waals surface area (Å²) in [6.07, 6.45) is 0. The summed E-state index contributed by atoms with van der Waals surface area (Å²) in [5.41, 5.74) is -1.37. The second kappa shape index (κ2) is 1.44. The molecule has 2 saturated heterocycles. The van der Waals surface area contributed by atoms with E-state index in [1.807, 2.05) is 0 Å². The molecule has 0 amide bonds. The van der Waals surface area contributed by atoms with E-state index in [0.29, 0.717) is 0 Å². The molecule has 5 heteroatoms. The van der Waals surface area contributed by atoms with Gasteiger partial charge in [0, 0.05) is 0 Å². The maximum atomic E-state index is 10.7. The SMILES string of the molecule is CC12[B][C@]1(C)OC(=O)C(=O)O2. The normalized spacial score (nSPS) is 46.7. The Balaban J connectivity index is 2.28. The van der Waals surface area contributed by atoms with Gasteiger partial charge in [-0.15, -0.1) is 0 Å². The molecule has 1 radical (unpaired) electrons. The van der Waals surface area contributed by atoms with Crippen molar-refractivity contribution in [1.82, 2.24) is 0 Å². The van der Waals surface area contributed by atoms with Crippen LogP contribution in [0.15, 0.2) is 0 Å². The predicted molar refractivity (Wildman–Crippen MR) is 34.7 cm³/mol. The lowest BCUT2D eigenvalue weighted by atomic mass is 9.97. The minimum atomic E-state index is -0.904. The van der Waals surface area contributed by atoms with Gasteiger partial charge in [-0.25, -0.2) is 9.59 Å². The monoisotopic (exact) mass is 153 g/mol. The van der Waals surface area contributed by atoms with Crippen LogP contribution in [0.5, 0.6) is 0 Å². The molecule has 0 N–H and O–H groups in total. The molecule has 2 aliphatic heterocycles. The van der Waals surface area contributed by atoms with E-state index in [9.17, 15) is 9.59 Å². The summed E-state index contributed by atoms with van der Waals surface area (Å²) in [4.78, 5) is 21.3. The molecule has 2 rings (SSSR count). The molecule has 4 nitrogen and oxygen atoms in total. The van der Waals surface area contributed by atoms with Crippen LogP contribution in [0.25, 0.3) is 0 Å². The van der Waals surface area contributed by atoms with Gasteiger partial charge in [0.2, 0.25) is 7.28 Å².